The largest absolute Gasteiger partial charge is 0.360 e. The van der Waals surface area contributed by atoms with E-state index in [9.17, 15) is 13.2 Å². The van der Waals surface area contributed by atoms with Gasteiger partial charge in [0.25, 0.3) is 15.9 Å². The zero-order valence-corrected chi connectivity index (χ0v) is 15.7. The summed E-state index contributed by atoms with van der Waals surface area (Å²) in [6.45, 7) is 4.04. The van der Waals surface area contributed by atoms with Crippen LogP contribution in [0.15, 0.2) is 64.0 Å². The normalized spacial score (nSPS) is 11.2. The Kier molecular flexibility index (Phi) is 5.27. The number of benzene rings is 2. The Morgan fingerprint density at radius 1 is 1.07 bits per heavy atom. The topological polar surface area (TPSA) is 101 Å². The Labute approximate surface area is 157 Å². The first-order chi connectivity index (χ1) is 12.8. The molecule has 8 heteroatoms. The molecule has 0 aliphatic heterocycles. The number of anilines is 1. The van der Waals surface area contributed by atoms with Gasteiger partial charge in [-0.25, -0.2) is 8.42 Å². The highest BCUT2D eigenvalue weighted by Crippen LogP contribution is 2.16. The summed E-state index contributed by atoms with van der Waals surface area (Å²) in [4.78, 5) is 12.3. The lowest BCUT2D eigenvalue weighted by molar-refractivity contribution is 0.0951. The first-order valence-electron chi connectivity index (χ1n) is 8.23. The Morgan fingerprint density at radius 3 is 2.44 bits per heavy atom. The van der Waals surface area contributed by atoms with E-state index in [1.54, 1.807) is 6.92 Å². The van der Waals surface area contributed by atoms with Crippen molar-refractivity contribution in [3.8, 4) is 0 Å². The van der Waals surface area contributed by atoms with E-state index in [0.29, 0.717) is 17.9 Å². The van der Waals surface area contributed by atoms with Gasteiger partial charge in [0.1, 0.15) is 5.76 Å². The molecule has 1 aromatic heterocycles. The number of aromatic nitrogens is 1. The number of hydrogen-bond acceptors (Lipinski definition) is 5. The Bertz CT molecular complexity index is 1060. The van der Waals surface area contributed by atoms with Crippen LogP contribution in [0.1, 0.15) is 27.2 Å². The van der Waals surface area contributed by atoms with Crippen molar-refractivity contribution >= 4 is 21.7 Å². The minimum Gasteiger partial charge on any atom is -0.360 e. The highest BCUT2D eigenvalue weighted by molar-refractivity contribution is 7.92. The van der Waals surface area contributed by atoms with E-state index in [1.807, 2.05) is 31.2 Å². The summed E-state index contributed by atoms with van der Waals surface area (Å²) in [7, 11) is -3.81. The van der Waals surface area contributed by atoms with Crippen molar-refractivity contribution in [1.29, 1.82) is 0 Å². The molecule has 0 aliphatic rings. The fourth-order valence-corrected chi connectivity index (χ4v) is 3.49. The van der Waals surface area contributed by atoms with E-state index in [4.69, 9.17) is 4.52 Å². The number of amides is 1. The zero-order valence-electron chi connectivity index (χ0n) is 14.9. The van der Waals surface area contributed by atoms with Gasteiger partial charge in [0.15, 0.2) is 5.82 Å². The van der Waals surface area contributed by atoms with E-state index < -0.39 is 10.0 Å². The molecule has 1 heterocycles. The summed E-state index contributed by atoms with van der Waals surface area (Å²) in [5.74, 6) is 0.321. The molecule has 2 aromatic carbocycles. The van der Waals surface area contributed by atoms with Crippen LogP contribution in [0.2, 0.25) is 0 Å². The lowest BCUT2D eigenvalue weighted by atomic mass is 10.1. The van der Waals surface area contributed by atoms with E-state index in [2.05, 4.69) is 15.2 Å². The molecule has 0 fully saturated rings. The SMILES string of the molecule is Cc1cccc(CNC(=O)c2ccc(S(=O)(=O)Nc3cc(C)on3)cc2)c1. The molecule has 3 aromatic rings. The monoisotopic (exact) mass is 385 g/mol. The fourth-order valence-electron chi connectivity index (χ4n) is 2.50. The average molecular weight is 385 g/mol. The third-order valence-electron chi connectivity index (χ3n) is 3.83. The molecular formula is C19H19N3O4S. The lowest BCUT2D eigenvalue weighted by Gasteiger charge is -2.08. The number of carbonyl (C=O) groups excluding carboxylic acids is 1. The maximum Gasteiger partial charge on any atom is 0.263 e. The number of sulfonamides is 1. The minimum absolute atomic E-state index is 0.0263. The van der Waals surface area contributed by atoms with Gasteiger partial charge in [0.05, 0.1) is 4.90 Å². The molecule has 27 heavy (non-hydrogen) atoms. The molecule has 0 saturated carbocycles. The molecule has 0 bridgehead atoms. The summed E-state index contributed by atoms with van der Waals surface area (Å²) < 4.78 is 31.8. The molecule has 0 aliphatic carbocycles. The van der Waals surface area contributed by atoms with Crippen LogP contribution < -0.4 is 10.0 Å². The second-order valence-electron chi connectivity index (χ2n) is 6.12. The molecule has 0 saturated heterocycles. The summed E-state index contributed by atoms with van der Waals surface area (Å²) >= 11 is 0. The summed E-state index contributed by atoms with van der Waals surface area (Å²) in [5, 5.41) is 6.42. The first-order valence-corrected chi connectivity index (χ1v) is 9.72. The minimum atomic E-state index is -3.81. The highest BCUT2D eigenvalue weighted by Gasteiger charge is 2.17. The maximum absolute atomic E-state index is 12.3. The Morgan fingerprint density at radius 2 is 1.81 bits per heavy atom. The predicted molar refractivity (Wildman–Crippen MR) is 101 cm³/mol. The van der Waals surface area contributed by atoms with Crippen LogP contribution in [-0.2, 0) is 16.6 Å². The van der Waals surface area contributed by atoms with E-state index in [-0.39, 0.29) is 16.6 Å². The number of carbonyl (C=O) groups is 1. The van der Waals surface area contributed by atoms with Gasteiger partial charge >= 0.3 is 0 Å². The van der Waals surface area contributed by atoms with Crippen LogP contribution in [0.4, 0.5) is 5.82 Å². The average Bonchev–Trinajstić information content (AvgIpc) is 3.04. The number of rotatable bonds is 6. The van der Waals surface area contributed by atoms with Crippen LogP contribution in [0, 0.1) is 13.8 Å². The maximum atomic E-state index is 12.3. The Hall–Kier alpha value is -3.13. The molecule has 3 rings (SSSR count). The molecule has 0 atom stereocenters. The zero-order chi connectivity index (χ0) is 19.4. The van der Waals surface area contributed by atoms with Gasteiger partial charge in [-0.05, 0) is 43.7 Å². The molecule has 140 valence electrons. The molecule has 0 radical (unpaired) electrons. The van der Waals surface area contributed by atoms with Gasteiger partial charge in [-0.1, -0.05) is 35.0 Å². The third-order valence-corrected chi connectivity index (χ3v) is 5.20. The van der Waals surface area contributed by atoms with Crippen molar-refractivity contribution in [3.05, 3.63) is 77.0 Å². The molecule has 1 amide bonds. The van der Waals surface area contributed by atoms with Crippen molar-refractivity contribution in [2.75, 3.05) is 4.72 Å². The van der Waals surface area contributed by atoms with Gasteiger partial charge in [-0.3, -0.25) is 9.52 Å². The molecule has 0 unspecified atom stereocenters. The number of hydrogen-bond donors (Lipinski definition) is 2. The van der Waals surface area contributed by atoms with Crippen molar-refractivity contribution in [3.63, 3.8) is 0 Å². The van der Waals surface area contributed by atoms with Crippen molar-refractivity contribution in [2.24, 2.45) is 0 Å². The quantitative estimate of drug-likeness (QED) is 0.679. The van der Waals surface area contributed by atoms with E-state index >= 15 is 0 Å². The molecule has 0 spiro atoms. The lowest BCUT2D eigenvalue weighted by Crippen LogP contribution is -2.23. The van der Waals surface area contributed by atoms with Crippen molar-refractivity contribution in [1.82, 2.24) is 10.5 Å². The summed E-state index contributed by atoms with van der Waals surface area (Å²) in [6.07, 6.45) is 0. The molecular weight excluding hydrogens is 366 g/mol. The van der Waals surface area contributed by atoms with Crippen molar-refractivity contribution < 1.29 is 17.7 Å². The van der Waals surface area contributed by atoms with Gasteiger partial charge in [0.2, 0.25) is 0 Å². The molecule has 7 nitrogen and oxygen atoms in total. The summed E-state index contributed by atoms with van der Waals surface area (Å²) in [5.41, 5.74) is 2.49. The summed E-state index contributed by atoms with van der Waals surface area (Å²) in [6, 6.07) is 15.0. The van der Waals surface area contributed by atoms with E-state index in [1.165, 1.54) is 30.3 Å². The van der Waals surface area contributed by atoms with Gasteiger partial charge in [-0.15, -0.1) is 0 Å². The van der Waals surface area contributed by atoms with E-state index in [0.717, 1.165) is 11.1 Å². The molecule has 2 N–H and O–H groups in total. The predicted octanol–water partition coefficient (Wildman–Crippen LogP) is 3.02. The van der Waals surface area contributed by atoms with Gasteiger partial charge < -0.3 is 9.84 Å². The smallest absolute Gasteiger partial charge is 0.263 e. The number of nitrogens with one attached hydrogen (secondary N) is 2. The van der Waals surface area contributed by atoms with Gasteiger partial charge in [0, 0.05) is 18.2 Å². The van der Waals surface area contributed by atoms with Crippen LogP contribution >= 0.6 is 0 Å². The number of aryl methyl sites for hydroxylation is 2. The number of nitrogens with zero attached hydrogens (tertiary/aromatic N) is 1. The van der Waals surface area contributed by atoms with Gasteiger partial charge in [-0.2, -0.15) is 0 Å². The fraction of sp³-hybridized carbons (Fsp3) is 0.158. The van der Waals surface area contributed by atoms with Crippen molar-refractivity contribution in [2.45, 2.75) is 25.3 Å². The van der Waals surface area contributed by atoms with Crippen LogP contribution in [0.25, 0.3) is 0 Å². The van der Waals surface area contributed by atoms with Crippen LogP contribution in [0.5, 0.6) is 0 Å². The van der Waals surface area contributed by atoms with Crippen LogP contribution in [0.3, 0.4) is 0 Å². The second kappa shape index (κ2) is 7.63. The standard InChI is InChI=1S/C19H19N3O4S/c1-13-4-3-5-15(10-13)12-20-19(23)16-6-8-17(9-7-16)27(24,25)22-18-11-14(2)26-21-18/h3-11H,12H2,1-2H3,(H,20,23)(H,21,22). The Balaban J connectivity index is 1.66. The third kappa shape index (κ3) is 4.73. The first kappa shape index (κ1) is 18.7. The highest BCUT2D eigenvalue weighted by atomic mass is 32.2. The van der Waals surface area contributed by atoms with Crippen LogP contribution in [-0.4, -0.2) is 19.5 Å². The second-order valence-corrected chi connectivity index (χ2v) is 7.81.